The fourth-order valence-electron chi connectivity index (χ4n) is 0.332. The summed E-state index contributed by atoms with van der Waals surface area (Å²) in [6, 6.07) is 1.90. The Morgan fingerprint density at radius 3 is 2.89 bits per heavy atom. The van der Waals surface area contributed by atoms with E-state index in [9.17, 15) is 4.79 Å². The smallest absolute Gasteiger partial charge is 0.327 e. The largest absolute Gasteiger partial charge is 0.478 e. The van der Waals surface area contributed by atoms with Gasteiger partial charge in [0, 0.05) is 12.5 Å². The highest BCUT2D eigenvalue weighted by Crippen LogP contribution is 1.87. The van der Waals surface area contributed by atoms with E-state index < -0.39 is 5.97 Å². The lowest BCUT2D eigenvalue weighted by Crippen LogP contribution is -1.84. The first-order valence-corrected chi connectivity index (χ1v) is 2.54. The summed E-state index contributed by atoms with van der Waals surface area (Å²) in [6.45, 7) is 0. The molecule has 0 heterocycles. The number of rotatable bonds is 3. The van der Waals surface area contributed by atoms with Crippen molar-refractivity contribution in [1.29, 1.82) is 5.26 Å². The number of carboxylic acid groups (broad SMARTS) is 1. The highest BCUT2D eigenvalue weighted by molar-refractivity contribution is 5.79. The van der Waals surface area contributed by atoms with Crippen LogP contribution in [0.25, 0.3) is 0 Å². The molecule has 0 amide bonds. The number of allylic oxidation sites excluding steroid dienone is 1. The van der Waals surface area contributed by atoms with E-state index in [-0.39, 0.29) is 0 Å². The minimum absolute atomic E-state index is 0.379. The summed E-state index contributed by atoms with van der Waals surface area (Å²) in [7, 11) is 0. The molecule has 0 unspecified atom stereocenters. The number of carboxylic acids is 1. The molecule has 9 heavy (non-hydrogen) atoms. The van der Waals surface area contributed by atoms with Gasteiger partial charge in [-0.3, -0.25) is 0 Å². The van der Waals surface area contributed by atoms with Crippen molar-refractivity contribution < 1.29 is 9.90 Å². The number of nitriles is 1. The molecule has 0 aliphatic rings. The lowest BCUT2D eigenvalue weighted by Gasteiger charge is -1.78. The van der Waals surface area contributed by atoms with Crippen molar-refractivity contribution in [1.82, 2.24) is 0 Å². The third-order valence-electron chi connectivity index (χ3n) is 0.683. The first kappa shape index (κ1) is 7.70. The number of nitrogens with zero attached hydrogens (tertiary/aromatic N) is 1. The second-order valence-electron chi connectivity index (χ2n) is 1.44. The fraction of sp³-hybridized carbons (Fsp3) is 0.333. The molecule has 0 fully saturated rings. The summed E-state index contributed by atoms with van der Waals surface area (Å²) in [4.78, 5) is 9.79. The predicted molar refractivity (Wildman–Crippen MR) is 31.6 cm³/mol. The molecule has 0 saturated carbocycles. The van der Waals surface area contributed by atoms with Gasteiger partial charge in [-0.2, -0.15) is 5.26 Å². The SMILES string of the molecule is N#CCC/C=C/C(=O)O. The summed E-state index contributed by atoms with van der Waals surface area (Å²) in [5.41, 5.74) is 0. The topological polar surface area (TPSA) is 61.1 Å². The van der Waals surface area contributed by atoms with E-state index in [1.54, 1.807) is 0 Å². The van der Waals surface area contributed by atoms with Gasteiger partial charge in [-0.25, -0.2) is 4.79 Å². The first-order chi connectivity index (χ1) is 4.27. The Bertz CT molecular complexity index is 155. The molecule has 0 aliphatic heterocycles. The Balaban J connectivity index is 3.28. The highest BCUT2D eigenvalue weighted by atomic mass is 16.4. The van der Waals surface area contributed by atoms with Gasteiger partial charge in [0.15, 0.2) is 0 Å². The number of hydrogen-bond donors (Lipinski definition) is 1. The standard InChI is InChI=1S/C6H7NO2/c7-5-3-1-2-4-6(8)9/h2,4H,1,3H2,(H,8,9)/b4-2+. The highest BCUT2D eigenvalue weighted by Gasteiger charge is 1.82. The van der Waals surface area contributed by atoms with Gasteiger partial charge in [-0.1, -0.05) is 6.08 Å². The molecule has 0 rings (SSSR count). The summed E-state index contributed by atoms with van der Waals surface area (Å²) in [5.74, 6) is -0.965. The molecule has 0 aromatic heterocycles. The van der Waals surface area contributed by atoms with E-state index in [1.165, 1.54) is 6.08 Å². The lowest BCUT2D eigenvalue weighted by molar-refractivity contribution is -0.131. The van der Waals surface area contributed by atoms with Crippen molar-refractivity contribution >= 4 is 5.97 Å². The van der Waals surface area contributed by atoms with E-state index >= 15 is 0 Å². The molecule has 0 aliphatic carbocycles. The Labute approximate surface area is 53.2 Å². The van der Waals surface area contributed by atoms with Crippen LogP contribution < -0.4 is 0 Å². The van der Waals surface area contributed by atoms with Crippen LogP contribution in [0.15, 0.2) is 12.2 Å². The molecule has 0 spiro atoms. The van der Waals surface area contributed by atoms with Gasteiger partial charge in [0.25, 0.3) is 0 Å². The van der Waals surface area contributed by atoms with Crippen LogP contribution in [-0.4, -0.2) is 11.1 Å². The van der Waals surface area contributed by atoms with E-state index in [1.807, 2.05) is 6.07 Å². The van der Waals surface area contributed by atoms with Gasteiger partial charge in [-0.05, 0) is 6.42 Å². The molecule has 0 bridgehead atoms. The average Bonchev–Trinajstić information content (AvgIpc) is 1.80. The van der Waals surface area contributed by atoms with Crippen LogP contribution in [0, 0.1) is 11.3 Å². The number of unbranched alkanes of at least 4 members (excludes halogenated alkanes) is 1. The van der Waals surface area contributed by atoms with Gasteiger partial charge in [-0.15, -0.1) is 0 Å². The number of carbonyl (C=O) groups is 1. The zero-order valence-electron chi connectivity index (χ0n) is 4.87. The summed E-state index contributed by atoms with van der Waals surface area (Å²) in [6.07, 6.45) is 3.40. The maximum Gasteiger partial charge on any atom is 0.327 e. The molecule has 0 saturated heterocycles. The molecular weight excluding hydrogens is 118 g/mol. The van der Waals surface area contributed by atoms with Gasteiger partial charge in [0.1, 0.15) is 0 Å². The van der Waals surface area contributed by atoms with Crippen LogP contribution in [0.3, 0.4) is 0 Å². The van der Waals surface area contributed by atoms with Gasteiger partial charge in [0.2, 0.25) is 0 Å². The van der Waals surface area contributed by atoms with Gasteiger partial charge in [0.05, 0.1) is 6.07 Å². The quantitative estimate of drug-likeness (QED) is 0.451. The first-order valence-electron chi connectivity index (χ1n) is 2.54. The second kappa shape index (κ2) is 4.85. The lowest BCUT2D eigenvalue weighted by atomic mass is 10.3. The fourth-order valence-corrected chi connectivity index (χ4v) is 0.332. The average molecular weight is 125 g/mol. The minimum atomic E-state index is -0.965. The maximum atomic E-state index is 9.79. The Morgan fingerprint density at radius 1 is 1.78 bits per heavy atom. The van der Waals surface area contributed by atoms with Crippen LogP contribution in [-0.2, 0) is 4.79 Å². The van der Waals surface area contributed by atoms with Crippen LogP contribution in [0.2, 0.25) is 0 Å². The number of hydrogen-bond acceptors (Lipinski definition) is 2. The van der Waals surface area contributed by atoms with Crippen molar-refractivity contribution in [3.05, 3.63) is 12.2 Å². The summed E-state index contributed by atoms with van der Waals surface area (Å²) < 4.78 is 0. The van der Waals surface area contributed by atoms with Crippen molar-refractivity contribution in [2.45, 2.75) is 12.8 Å². The third kappa shape index (κ3) is 6.70. The van der Waals surface area contributed by atoms with Crippen molar-refractivity contribution in [3.63, 3.8) is 0 Å². The van der Waals surface area contributed by atoms with E-state index in [4.69, 9.17) is 10.4 Å². The van der Waals surface area contributed by atoms with Crippen LogP contribution in [0.1, 0.15) is 12.8 Å². The zero-order chi connectivity index (χ0) is 7.11. The van der Waals surface area contributed by atoms with Crippen LogP contribution in [0.4, 0.5) is 0 Å². The molecule has 0 atom stereocenters. The minimum Gasteiger partial charge on any atom is -0.478 e. The molecule has 0 aromatic rings. The van der Waals surface area contributed by atoms with E-state index in [2.05, 4.69) is 0 Å². The Hall–Kier alpha value is -1.30. The molecule has 0 aromatic carbocycles. The Morgan fingerprint density at radius 2 is 2.44 bits per heavy atom. The van der Waals surface area contributed by atoms with Crippen LogP contribution in [0.5, 0.6) is 0 Å². The molecular formula is C6H7NO2. The zero-order valence-corrected chi connectivity index (χ0v) is 4.87. The molecule has 3 heteroatoms. The molecule has 0 radical (unpaired) electrons. The normalized spacial score (nSPS) is 9.22. The predicted octanol–water partition coefficient (Wildman–Crippen LogP) is 0.931. The van der Waals surface area contributed by atoms with E-state index in [0.717, 1.165) is 6.08 Å². The third-order valence-corrected chi connectivity index (χ3v) is 0.683. The molecule has 1 N–H and O–H groups in total. The maximum absolute atomic E-state index is 9.79. The Kier molecular flexibility index (Phi) is 4.15. The van der Waals surface area contributed by atoms with Crippen molar-refractivity contribution in [2.24, 2.45) is 0 Å². The van der Waals surface area contributed by atoms with Gasteiger partial charge < -0.3 is 5.11 Å². The van der Waals surface area contributed by atoms with Crippen LogP contribution >= 0.6 is 0 Å². The van der Waals surface area contributed by atoms with E-state index in [0.29, 0.717) is 12.8 Å². The molecule has 48 valence electrons. The van der Waals surface area contributed by atoms with Crippen molar-refractivity contribution in [2.75, 3.05) is 0 Å². The summed E-state index contributed by atoms with van der Waals surface area (Å²) >= 11 is 0. The molecule has 3 nitrogen and oxygen atoms in total. The van der Waals surface area contributed by atoms with Gasteiger partial charge >= 0.3 is 5.97 Å². The number of aliphatic carboxylic acids is 1. The monoisotopic (exact) mass is 125 g/mol. The summed E-state index contributed by atoms with van der Waals surface area (Å²) in [5, 5.41) is 16.0. The van der Waals surface area contributed by atoms with Crippen molar-refractivity contribution in [3.8, 4) is 6.07 Å². The second-order valence-corrected chi connectivity index (χ2v) is 1.44.